The van der Waals surface area contributed by atoms with Gasteiger partial charge in [-0.15, -0.1) is 24.8 Å². The zero-order chi connectivity index (χ0) is 13.7. The van der Waals surface area contributed by atoms with Crippen LogP contribution in [0.1, 0.15) is 12.5 Å². The predicted octanol–water partition coefficient (Wildman–Crippen LogP) is 2.09. The van der Waals surface area contributed by atoms with E-state index in [0.717, 1.165) is 31.7 Å². The molecular weight excluding hydrogens is 333 g/mol. The van der Waals surface area contributed by atoms with Gasteiger partial charge < -0.3 is 10.6 Å². The molecule has 1 aromatic rings. The van der Waals surface area contributed by atoms with E-state index < -0.39 is 0 Å². The van der Waals surface area contributed by atoms with Gasteiger partial charge in [0.2, 0.25) is 5.91 Å². The molecule has 0 bridgehead atoms. The molecule has 2 N–H and O–H groups in total. The van der Waals surface area contributed by atoms with Crippen LogP contribution in [0.4, 0.5) is 0 Å². The van der Waals surface area contributed by atoms with E-state index in [1.165, 1.54) is 0 Å². The van der Waals surface area contributed by atoms with Gasteiger partial charge in [0.25, 0.3) is 0 Å². The van der Waals surface area contributed by atoms with Crippen molar-refractivity contribution in [2.45, 2.75) is 19.5 Å². The van der Waals surface area contributed by atoms with Crippen LogP contribution < -0.4 is 10.6 Å². The van der Waals surface area contributed by atoms with E-state index in [1.54, 1.807) is 0 Å². The van der Waals surface area contributed by atoms with Crippen LogP contribution in [0.15, 0.2) is 24.3 Å². The Labute approximate surface area is 143 Å². The summed E-state index contributed by atoms with van der Waals surface area (Å²) in [6, 6.07) is 7.48. The fraction of sp³-hybridized carbons (Fsp3) is 0.500. The molecule has 4 nitrogen and oxygen atoms in total. The van der Waals surface area contributed by atoms with E-state index in [9.17, 15) is 4.79 Å². The average molecular weight is 355 g/mol. The molecule has 1 unspecified atom stereocenters. The second-order valence-electron chi connectivity index (χ2n) is 4.77. The number of hydrogen-bond acceptors (Lipinski definition) is 3. The monoisotopic (exact) mass is 353 g/mol. The van der Waals surface area contributed by atoms with Gasteiger partial charge in [-0.05, 0) is 18.6 Å². The second-order valence-corrected chi connectivity index (χ2v) is 5.18. The van der Waals surface area contributed by atoms with Gasteiger partial charge in [0, 0.05) is 37.7 Å². The summed E-state index contributed by atoms with van der Waals surface area (Å²) in [6.45, 7) is 6.16. The molecule has 1 aliphatic heterocycles. The molecule has 0 spiro atoms. The van der Waals surface area contributed by atoms with Crippen LogP contribution in [0.2, 0.25) is 5.02 Å². The van der Waals surface area contributed by atoms with Gasteiger partial charge in [0.1, 0.15) is 0 Å². The lowest BCUT2D eigenvalue weighted by Crippen LogP contribution is -2.52. The van der Waals surface area contributed by atoms with Crippen LogP contribution in [0.3, 0.4) is 0 Å². The van der Waals surface area contributed by atoms with Crippen molar-refractivity contribution < 1.29 is 4.79 Å². The minimum absolute atomic E-state index is 0. The number of amides is 1. The number of hydrogen-bond donors (Lipinski definition) is 2. The molecule has 1 fully saturated rings. The van der Waals surface area contributed by atoms with Crippen molar-refractivity contribution in [3.63, 3.8) is 0 Å². The van der Waals surface area contributed by atoms with Crippen molar-refractivity contribution in [1.82, 2.24) is 15.5 Å². The maximum absolute atomic E-state index is 12.1. The molecular formula is C14H22Cl3N3O. The second kappa shape index (κ2) is 10.2. The summed E-state index contributed by atoms with van der Waals surface area (Å²) < 4.78 is 0. The Morgan fingerprint density at radius 3 is 2.57 bits per heavy atom. The molecule has 1 heterocycles. The van der Waals surface area contributed by atoms with Crippen LogP contribution in [0.25, 0.3) is 0 Å². The molecule has 1 aliphatic rings. The Morgan fingerprint density at radius 2 is 1.95 bits per heavy atom. The van der Waals surface area contributed by atoms with Gasteiger partial charge in [0.05, 0.1) is 6.04 Å². The van der Waals surface area contributed by atoms with Crippen molar-refractivity contribution >= 4 is 42.3 Å². The quantitative estimate of drug-likeness (QED) is 0.870. The minimum atomic E-state index is -0.0930. The van der Waals surface area contributed by atoms with Crippen molar-refractivity contribution in [1.29, 1.82) is 0 Å². The maximum Gasteiger partial charge on any atom is 0.237 e. The van der Waals surface area contributed by atoms with E-state index in [-0.39, 0.29) is 36.8 Å². The number of benzene rings is 1. The molecule has 1 atom stereocenters. The van der Waals surface area contributed by atoms with Crippen LogP contribution >= 0.6 is 36.4 Å². The fourth-order valence-corrected chi connectivity index (χ4v) is 2.41. The van der Waals surface area contributed by atoms with Crippen LogP contribution in [0.5, 0.6) is 0 Å². The van der Waals surface area contributed by atoms with Crippen molar-refractivity contribution in [3.8, 4) is 0 Å². The molecule has 1 amide bonds. The summed E-state index contributed by atoms with van der Waals surface area (Å²) in [7, 11) is 0. The summed E-state index contributed by atoms with van der Waals surface area (Å²) in [4.78, 5) is 14.3. The third-order valence-electron chi connectivity index (χ3n) is 3.49. The summed E-state index contributed by atoms with van der Waals surface area (Å²) in [5, 5.41) is 6.93. The van der Waals surface area contributed by atoms with E-state index >= 15 is 0 Å². The Morgan fingerprint density at radius 1 is 1.33 bits per heavy atom. The molecule has 2 rings (SSSR count). The first kappa shape index (κ1) is 20.5. The summed E-state index contributed by atoms with van der Waals surface area (Å²) in [5.41, 5.74) is 0.949. The third-order valence-corrected chi connectivity index (χ3v) is 3.86. The number of piperazine rings is 1. The first-order chi connectivity index (χ1) is 9.18. The molecule has 1 aromatic carbocycles. The number of halogens is 3. The molecule has 0 saturated carbocycles. The number of nitrogens with zero attached hydrogens (tertiary/aromatic N) is 1. The maximum atomic E-state index is 12.1. The Bertz CT molecular complexity index is 439. The zero-order valence-corrected chi connectivity index (χ0v) is 14.4. The number of rotatable bonds is 4. The molecule has 21 heavy (non-hydrogen) atoms. The van der Waals surface area contributed by atoms with Gasteiger partial charge in [-0.2, -0.15) is 0 Å². The molecule has 120 valence electrons. The smallest absolute Gasteiger partial charge is 0.237 e. The van der Waals surface area contributed by atoms with E-state index in [1.807, 2.05) is 31.2 Å². The van der Waals surface area contributed by atoms with Crippen molar-refractivity contribution in [3.05, 3.63) is 34.9 Å². The van der Waals surface area contributed by atoms with Gasteiger partial charge >= 0.3 is 0 Å². The lowest BCUT2D eigenvalue weighted by molar-refractivity contribution is -0.126. The highest BCUT2D eigenvalue weighted by atomic mass is 35.5. The Balaban J connectivity index is 0.00000200. The number of carbonyl (C=O) groups excluding carboxylic acids is 1. The predicted molar refractivity (Wildman–Crippen MR) is 91.7 cm³/mol. The average Bonchev–Trinajstić information content (AvgIpc) is 2.46. The molecule has 7 heteroatoms. The minimum Gasteiger partial charge on any atom is -0.351 e. The largest absolute Gasteiger partial charge is 0.351 e. The fourth-order valence-electron chi connectivity index (χ4n) is 2.21. The summed E-state index contributed by atoms with van der Waals surface area (Å²) in [5.74, 6) is 0.0572. The Hall–Kier alpha value is -0.520. The third kappa shape index (κ3) is 6.01. The molecule has 1 saturated heterocycles. The van der Waals surface area contributed by atoms with E-state index in [4.69, 9.17) is 11.6 Å². The Kier molecular flexibility index (Phi) is 9.99. The highest BCUT2D eigenvalue weighted by Gasteiger charge is 2.22. The van der Waals surface area contributed by atoms with Crippen molar-refractivity contribution in [2.24, 2.45) is 0 Å². The first-order valence-corrected chi connectivity index (χ1v) is 7.02. The first-order valence-electron chi connectivity index (χ1n) is 6.64. The van der Waals surface area contributed by atoms with Gasteiger partial charge in [-0.3, -0.25) is 9.69 Å². The van der Waals surface area contributed by atoms with E-state index in [2.05, 4.69) is 15.5 Å². The lowest BCUT2D eigenvalue weighted by Gasteiger charge is -2.31. The van der Waals surface area contributed by atoms with Crippen molar-refractivity contribution in [2.75, 3.05) is 26.2 Å². The lowest BCUT2D eigenvalue weighted by atomic mass is 10.2. The van der Waals surface area contributed by atoms with Gasteiger partial charge in [0.15, 0.2) is 0 Å². The van der Waals surface area contributed by atoms with Gasteiger partial charge in [-0.25, -0.2) is 0 Å². The van der Waals surface area contributed by atoms with Gasteiger partial charge in [-0.1, -0.05) is 29.8 Å². The standard InChI is InChI=1S/C14H20ClN3O.2ClH/c1-11(18-8-6-16-7-9-18)14(19)17-10-12-4-2-3-5-13(12)15;;/h2-5,11,16H,6-10H2,1H3,(H,17,19);2*1H. The highest BCUT2D eigenvalue weighted by molar-refractivity contribution is 6.31. The molecule has 0 aliphatic carbocycles. The van der Waals surface area contributed by atoms with Crippen LogP contribution in [-0.4, -0.2) is 43.0 Å². The SMILES string of the molecule is CC(C(=O)NCc1ccccc1Cl)N1CCNCC1.Cl.Cl. The summed E-state index contributed by atoms with van der Waals surface area (Å²) >= 11 is 6.07. The van der Waals surface area contributed by atoms with Crippen LogP contribution in [-0.2, 0) is 11.3 Å². The number of carbonyl (C=O) groups is 1. The molecule has 0 aromatic heterocycles. The zero-order valence-electron chi connectivity index (χ0n) is 12.0. The highest BCUT2D eigenvalue weighted by Crippen LogP contribution is 2.14. The summed E-state index contributed by atoms with van der Waals surface area (Å²) in [6.07, 6.45) is 0. The van der Waals surface area contributed by atoms with E-state index in [0.29, 0.717) is 11.6 Å². The van der Waals surface area contributed by atoms with Crippen LogP contribution in [0, 0.1) is 0 Å². The number of nitrogens with one attached hydrogen (secondary N) is 2. The normalized spacial score (nSPS) is 16.3. The molecule has 0 radical (unpaired) electrons. The topological polar surface area (TPSA) is 44.4 Å².